The highest BCUT2D eigenvalue weighted by Crippen LogP contribution is 2.29. The number of hydrogen-bond acceptors (Lipinski definition) is 3. The van der Waals surface area contributed by atoms with Crippen LogP contribution in [-0.4, -0.2) is 35.8 Å². The third-order valence-electron chi connectivity index (χ3n) is 4.85. The minimum absolute atomic E-state index is 0.183. The fraction of sp³-hybridized carbons (Fsp3) is 0.667. The second-order valence-electron chi connectivity index (χ2n) is 8.27. The van der Waals surface area contributed by atoms with E-state index in [2.05, 4.69) is 29.8 Å². The van der Waals surface area contributed by atoms with E-state index >= 15 is 0 Å². The monoisotopic (exact) mass is 425 g/mol. The summed E-state index contributed by atoms with van der Waals surface area (Å²) < 4.78 is 12.5. The van der Waals surface area contributed by atoms with Crippen molar-refractivity contribution in [2.75, 3.05) is 13.2 Å². The number of nitrogens with zero attached hydrogens (tertiary/aromatic N) is 1. The van der Waals surface area contributed by atoms with Gasteiger partial charge >= 0.3 is 6.09 Å². The number of halogens is 1. The lowest BCUT2D eigenvalue weighted by molar-refractivity contribution is 0.00646. The van der Waals surface area contributed by atoms with E-state index in [9.17, 15) is 4.79 Å². The molecule has 1 amide bonds. The van der Waals surface area contributed by atoms with Gasteiger partial charge in [0.2, 0.25) is 0 Å². The van der Waals surface area contributed by atoms with Gasteiger partial charge in [-0.25, -0.2) is 4.79 Å². The standard InChI is InChI=1S/C21H32BrNO3/c1-15-14-17(11-12-23(15)20(24)26-21(3,4)5)8-7-13-25-19-10-6-9-18(22)16(19)2/h6,9-10,15,17H,7-8,11-14H2,1-5H3/t15-,17?/m1/s1. The smallest absolute Gasteiger partial charge is 0.410 e. The van der Waals surface area contributed by atoms with Crippen LogP contribution in [0.1, 0.15) is 58.9 Å². The van der Waals surface area contributed by atoms with Crippen LogP contribution in [0, 0.1) is 12.8 Å². The molecule has 1 fully saturated rings. The Hall–Kier alpha value is -1.23. The zero-order chi connectivity index (χ0) is 19.3. The van der Waals surface area contributed by atoms with Crippen LogP contribution in [0.2, 0.25) is 0 Å². The Morgan fingerprint density at radius 1 is 1.35 bits per heavy atom. The number of hydrogen-bond donors (Lipinski definition) is 0. The summed E-state index contributed by atoms with van der Waals surface area (Å²) in [5.41, 5.74) is 0.710. The molecule has 1 aliphatic heterocycles. The lowest BCUT2D eigenvalue weighted by Gasteiger charge is -2.38. The number of piperidine rings is 1. The van der Waals surface area contributed by atoms with Gasteiger partial charge in [-0.3, -0.25) is 0 Å². The van der Waals surface area contributed by atoms with E-state index in [1.165, 1.54) is 0 Å². The number of carbonyl (C=O) groups is 1. The third kappa shape index (κ3) is 6.19. The topological polar surface area (TPSA) is 38.8 Å². The number of benzene rings is 1. The molecule has 0 aliphatic carbocycles. The van der Waals surface area contributed by atoms with Crippen molar-refractivity contribution >= 4 is 22.0 Å². The Morgan fingerprint density at radius 3 is 2.73 bits per heavy atom. The largest absolute Gasteiger partial charge is 0.493 e. The zero-order valence-electron chi connectivity index (χ0n) is 16.7. The Morgan fingerprint density at radius 2 is 2.08 bits per heavy atom. The molecule has 146 valence electrons. The summed E-state index contributed by atoms with van der Waals surface area (Å²) in [4.78, 5) is 14.2. The van der Waals surface area contributed by atoms with Crippen LogP contribution in [0.15, 0.2) is 22.7 Å². The van der Waals surface area contributed by atoms with Gasteiger partial charge < -0.3 is 14.4 Å². The molecule has 0 N–H and O–H groups in total. The molecule has 0 saturated carbocycles. The summed E-state index contributed by atoms with van der Waals surface area (Å²) in [5.74, 6) is 1.60. The first-order valence-electron chi connectivity index (χ1n) is 9.55. The molecule has 1 saturated heterocycles. The van der Waals surface area contributed by atoms with E-state index in [1.54, 1.807) is 0 Å². The van der Waals surface area contributed by atoms with Gasteiger partial charge in [-0.05, 0) is 78.4 Å². The van der Waals surface area contributed by atoms with Crippen LogP contribution in [-0.2, 0) is 4.74 Å². The zero-order valence-corrected chi connectivity index (χ0v) is 18.3. The minimum atomic E-state index is -0.435. The van der Waals surface area contributed by atoms with Gasteiger partial charge in [0, 0.05) is 22.6 Å². The maximum atomic E-state index is 12.3. The van der Waals surface area contributed by atoms with Crippen LogP contribution in [0.25, 0.3) is 0 Å². The highest BCUT2D eigenvalue weighted by atomic mass is 79.9. The fourth-order valence-corrected chi connectivity index (χ4v) is 3.77. The Kier molecular flexibility index (Phi) is 7.39. The first-order chi connectivity index (χ1) is 12.2. The molecule has 1 aromatic carbocycles. The first-order valence-corrected chi connectivity index (χ1v) is 10.3. The number of likely N-dealkylation sites (tertiary alicyclic amines) is 1. The number of amides is 1. The minimum Gasteiger partial charge on any atom is -0.493 e. The van der Waals surface area contributed by atoms with E-state index in [1.807, 2.05) is 43.9 Å². The van der Waals surface area contributed by atoms with E-state index in [-0.39, 0.29) is 12.1 Å². The van der Waals surface area contributed by atoms with Crippen LogP contribution in [0.4, 0.5) is 4.79 Å². The quantitative estimate of drug-likeness (QED) is 0.546. The van der Waals surface area contributed by atoms with Crippen molar-refractivity contribution in [3.05, 3.63) is 28.2 Å². The number of carbonyl (C=O) groups excluding carboxylic acids is 1. The predicted molar refractivity (Wildman–Crippen MR) is 109 cm³/mol. The van der Waals surface area contributed by atoms with Gasteiger partial charge in [0.1, 0.15) is 11.4 Å². The second kappa shape index (κ2) is 9.12. The second-order valence-corrected chi connectivity index (χ2v) is 9.12. The average Bonchev–Trinajstić information content (AvgIpc) is 2.53. The summed E-state index contributed by atoms with van der Waals surface area (Å²) in [6.45, 7) is 11.4. The maximum absolute atomic E-state index is 12.3. The summed E-state index contributed by atoms with van der Waals surface area (Å²) in [6, 6.07) is 6.28. The average molecular weight is 426 g/mol. The molecular formula is C21H32BrNO3. The molecule has 1 unspecified atom stereocenters. The molecule has 1 aromatic rings. The molecule has 0 bridgehead atoms. The van der Waals surface area contributed by atoms with Crippen LogP contribution in [0.5, 0.6) is 5.75 Å². The number of ether oxygens (including phenoxy) is 2. The molecule has 0 spiro atoms. The van der Waals surface area contributed by atoms with Crippen molar-refractivity contribution in [2.24, 2.45) is 5.92 Å². The molecule has 4 nitrogen and oxygen atoms in total. The van der Waals surface area contributed by atoms with Crippen molar-refractivity contribution in [1.82, 2.24) is 4.90 Å². The molecule has 5 heteroatoms. The third-order valence-corrected chi connectivity index (χ3v) is 5.70. The molecule has 26 heavy (non-hydrogen) atoms. The molecule has 1 aliphatic rings. The predicted octanol–water partition coefficient (Wildman–Crippen LogP) is 5.95. The van der Waals surface area contributed by atoms with Gasteiger partial charge in [0.05, 0.1) is 6.61 Å². The maximum Gasteiger partial charge on any atom is 0.410 e. The van der Waals surface area contributed by atoms with E-state index in [4.69, 9.17) is 9.47 Å². The van der Waals surface area contributed by atoms with Gasteiger partial charge in [-0.1, -0.05) is 22.0 Å². The normalized spacial score (nSPS) is 20.8. The first kappa shape index (κ1) is 21.1. The fourth-order valence-electron chi connectivity index (χ4n) is 3.42. The molecule has 2 rings (SSSR count). The van der Waals surface area contributed by atoms with Gasteiger partial charge in [-0.2, -0.15) is 0 Å². The lowest BCUT2D eigenvalue weighted by Crippen LogP contribution is -2.46. The van der Waals surface area contributed by atoms with Crippen molar-refractivity contribution < 1.29 is 14.3 Å². The van der Waals surface area contributed by atoms with Gasteiger partial charge in [0.15, 0.2) is 0 Å². The van der Waals surface area contributed by atoms with E-state index in [0.29, 0.717) is 5.92 Å². The van der Waals surface area contributed by atoms with Crippen LogP contribution in [0.3, 0.4) is 0 Å². The van der Waals surface area contributed by atoms with Crippen LogP contribution >= 0.6 is 15.9 Å². The summed E-state index contributed by atoms with van der Waals surface area (Å²) in [5, 5.41) is 0. The Bertz CT molecular complexity index is 612. The van der Waals surface area contributed by atoms with E-state index < -0.39 is 5.60 Å². The van der Waals surface area contributed by atoms with E-state index in [0.717, 1.165) is 54.6 Å². The molecule has 0 aromatic heterocycles. The Labute approximate surface area is 166 Å². The summed E-state index contributed by atoms with van der Waals surface area (Å²) >= 11 is 3.54. The molecule has 2 atom stereocenters. The van der Waals surface area contributed by atoms with Crippen molar-refractivity contribution in [1.29, 1.82) is 0 Å². The molecule has 0 radical (unpaired) electrons. The van der Waals surface area contributed by atoms with Crippen molar-refractivity contribution in [2.45, 2.75) is 71.9 Å². The van der Waals surface area contributed by atoms with Gasteiger partial charge in [-0.15, -0.1) is 0 Å². The highest BCUT2D eigenvalue weighted by Gasteiger charge is 2.31. The van der Waals surface area contributed by atoms with Gasteiger partial charge in [0.25, 0.3) is 0 Å². The summed E-state index contributed by atoms with van der Waals surface area (Å²) in [6.07, 6.45) is 4.07. The molecular weight excluding hydrogens is 394 g/mol. The SMILES string of the molecule is Cc1c(Br)cccc1OCCCC1CCN(C(=O)OC(C)(C)C)[C@H](C)C1. The Balaban J connectivity index is 1.72. The van der Waals surface area contributed by atoms with Crippen molar-refractivity contribution in [3.8, 4) is 5.75 Å². The molecule has 1 heterocycles. The summed E-state index contributed by atoms with van der Waals surface area (Å²) in [7, 11) is 0. The van der Waals surface area contributed by atoms with Crippen molar-refractivity contribution in [3.63, 3.8) is 0 Å². The number of rotatable bonds is 5. The van der Waals surface area contributed by atoms with Crippen LogP contribution < -0.4 is 4.74 Å². The lowest BCUT2D eigenvalue weighted by atomic mass is 9.88. The highest BCUT2D eigenvalue weighted by molar-refractivity contribution is 9.10.